The Kier molecular flexibility index (Phi) is 15.0. The summed E-state index contributed by atoms with van der Waals surface area (Å²) in [5.74, 6) is 0.833. The van der Waals surface area contributed by atoms with E-state index in [0.717, 1.165) is 5.92 Å². The molecule has 1 rings (SSSR count). The van der Waals surface area contributed by atoms with E-state index in [1.165, 1.54) is 0 Å². The Morgan fingerprint density at radius 2 is 1.18 bits per heavy atom. The average molecular weight is 172 g/mol. The van der Waals surface area contributed by atoms with Crippen LogP contribution in [-0.2, 0) is 0 Å². The number of hydrogen-bond donors (Lipinski definition) is 0. The van der Waals surface area contributed by atoms with Gasteiger partial charge in [-0.15, -0.1) is 0 Å². The first-order chi connectivity index (χ1) is 5.23. The largest absolute Gasteiger partial charge is 0.152 e. The highest BCUT2D eigenvalue weighted by Gasteiger charge is 1.68. The first kappa shape index (κ1) is 13.3. The quantitative estimate of drug-likeness (QED) is 0.543. The molecule has 0 unspecified atom stereocenters. The van der Waals surface area contributed by atoms with Crippen LogP contribution in [0.15, 0.2) is 22.9 Å². The van der Waals surface area contributed by atoms with E-state index in [1.54, 1.807) is 11.3 Å². The van der Waals surface area contributed by atoms with Crippen LogP contribution in [0.4, 0.5) is 0 Å². The molecular formula is C10H20S. The van der Waals surface area contributed by atoms with E-state index in [1.807, 2.05) is 36.7 Å². The van der Waals surface area contributed by atoms with Gasteiger partial charge in [0.25, 0.3) is 0 Å². The summed E-state index contributed by atoms with van der Waals surface area (Å²) >= 11 is 1.71. The van der Waals surface area contributed by atoms with Crippen LogP contribution < -0.4 is 0 Å². The predicted molar refractivity (Wildman–Crippen MR) is 56.2 cm³/mol. The van der Waals surface area contributed by atoms with Crippen LogP contribution in [0.25, 0.3) is 0 Å². The molecule has 0 nitrogen and oxygen atoms in total. The van der Waals surface area contributed by atoms with E-state index in [4.69, 9.17) is 0 Å². The monoisotopic (exact) mass is 172 g/mol. The van der Waals surface area contributed by atoms with Crippen molar-refractivity contribution in [3.63, 3.8) is 0 Å². The van der Waals surface area contributed by atoms with E-state index < -0.39 is 0 Å². The normalized spacial score (nSPS) is 7.45. The van der Waals surface area contributed by atoms with E-state index in [2.05, 4.69) is 20.8 Å². The summed E-state index contributed by atoms with van der Waals surface area (Å²) in [7, 11) is 0. The summed E-state index contributed by atoms with van der Waals surface area (Å²) in [5, 5.41) is 4.08. The van der Waals surface area contributed by atoms with Gasteiger partial charge in [-0.3, -0.25) is 0 Å². The summed E-state index contributed by atoms with van der Waals surface area (Å²) in [5.41, 5.74) is 0. The molecule has 0 saturated carbocycles. The van der Waals surface area contributed by atoms with Crippen molar-refractivity contribution in [2.75, 3.05) is 0 Å². The molecule has 0 saturated heterocycles. The van der Waals surface area contributed by atoms with Gasteiger partial charge in [-0.25, -0.2) is 0 Å². The minimum Gasteiger partial charge on any atom is -0.152 e. The fourth-order valence-corrected chi connectivity index (χ4v) is 0.680. The maximum absolute atomic E-state index is 2.17. The highest BCUT2D eigenvalue weighted by Crippen LogP contribution is 1.91. The highest BCUT2D eigenvalue weighted by atomic mass is 32.1. The van der Waals surface area contributed by atoms with Gasteiger partial charge in [-0.1, -0.05) is 46.8 Å². The molecule has 0 aromatic carbocycles. The third-order valence-corrected chi connectivity index (χ3v) is 1.05. The lowest BCUT2D eigenvalue weighted by Gasteiger charge is -1.79. The van der Waals surface area contributed by atoms with Gasteiger partial charge < -0.3 is 0 Å². The first-order valence-corrected chi connectivity index (χ1v) is 5.15. The van der Waals surface area contributed by atoms with Gasteiger partial charge in [0, 0.05) is 0 Å². The maximum atomic E-state index is 2.17. The van der Waals surface area contributed by atoms with E-state index in [0.29, 0.717) is 0 Å². The van der Waals surface area contributed by atoms with Crippen molar-refractivity contribution in [2.45, 2.75) is 34.6 Å². The average Bonchev–Trinajstić information content (AvgIpc) is 2.44. The second-order valence-electron chi connectivity index (χ2n) is 2.53. The molecule has 0 atom stereocenters. The zero-order valence-corrected chi connectivity index (χ0v) is 9.11. The Balaban J connectivity index is 0. The summed E-state index contributed by atoms with van der Waals surface area (Å²) < 4.78 is 0. The second-order valence-corrected chi connectivity index (χ2v) is 3.34. The van der Waals surface area contributed by atoms with Crippen molar-refractivity contribution in [3.8, 4) is 0 Å². The standard InChI is InChI=1S/C4H4S.C4H10.C2H6/c1-2-4-5-3-1;1-4(2)3;1-2/h1-4H;4H,1-3H3;1-2H3. The van der Waals surface area contributed by atoms with E-state index >= 15 is 0 Å². The lowest BCUT2D eigenvalue weighted by molar-refractivity contribution is 0.737. The third-order valence-electron chi connectivity index (χ3n) is 0.425. The van der Waals surface area contributed by atoms with Crippen molar-refractivity contribution >= 4 is 11.3 Å². The molecule has 0 aliphatic carbocycles. The number of thiophene rings is 1. The second kappa shape index (κ2) is 12.4. The van der Waals surface area contributed by atoms with Gasteiger partial charge in [0.1, 0.15) is 0 Å². The Morgan fingerprint density at radius 1 is 0.909 bits per heavy atom. The molecule has 1 heteroatoms. The van der Waals surface area contributed by atoms with Gasteiger partial charge in [-0.05, 0) is 16.7 Å². The molecule has 0 bridgehead atoms. The highest BCUT2D eigenvalue weighted by molar-refractivity contribution is 7.07. The van der Waals surface area contributed by atoms with Crippen LogP contribution in [0, 0.1) is 5.92 Å². The Labute approximate surface area is 75.3 Å². The Hall–Kier alpha value is -0.300. The maximum Gasteiger partial charge on any atom is -0.00934 e. The third kappa shape index (κ3) is 26.0. The first-order valence-electron chi connectivity index (χ1n) is 4.20. The lowest BCUT2D eigenvalue weighted by Crippen LogP contribution is -1.66. The summed E-state index contributed by atoms with van der Waals surface area (Å²) in [6, 6.07) is 4.04. The van der Waals surface area contributed by atoms with Crippen molar-refractivity contribution in [1.82, 2.24) is 0 Å². The topological polar surface area (TPSA) is 0 Å². The molecule has 0 N–H and O–H groups in total. The molecular weight excluding hydrogens is 152 g/mol. The van der Waals surface area contributed by atoms with Gasteiger partial charge in [0.2, 0.25) is 0 Å². The molecule has 0 radical (unpaired) electrons. The SMILES string of the molecule is CC.CC(C)C.c1ccsc1. The van der Waals surface area contributed by atoms with Crippen LogP contribution in [0.2, 0.25) is 0 Å². The van der Waals surface area contributed by atoms with Gasteiger partial charge in [0.05, 0.1) is 0 Å². The van der Waals surface area contributed by atoms with E-state index in [9.17, 15) is 0 Å². The molecule has 11 heavy (non-hydrogen) atoms. The fourth-order valence-electron chi connectivity index (χ4n) is 0.227. The van der Waals surface area contributed by atoms with Crippen LogP contribution >= 0.6 is 11.3 Å². The molecule has 0 fully saturated rings. The van der Waals surface area contributed by atoms with Crippen LogP contribution in [-0.4, -0.2) is 0 Å². The smallest absolute Gasteiger partial charge is 0.00934 e. The van der Waals surface area contributed by atoms with Crippen molar-refractivity contribution in [2.24, 2.45) is 5.92 Å². The number of rotatable bonds is 0. The summed E-state index contributed by atoms with van der Waals surface area (Å²) in [6.07, 6.45) is 0. The molecule has 0 aliphatic rings. The van der Waals surface area contributed by atoms with E-state index in [-0.39, 0.29) is 0 Å². The summed E-state index contributed by atoms with van der Waals surface area (Å²) in [6.45, 7) is 10.5. The van der Waals surface area contributed by atoms with Crippen LogP contribution in [0.5, 0.6) is 0 Å². The molecule has 1 aromatic heterocycles. The molecule has 1 aromatic rings. The van der Waals surface area contributed by atoms with Crippen molar-refractivity contribution < 1.29 is 0 Å². The van der Waals surface area contributed by atoms with Gasteiger partial charge in [-0.2, -0.15) is 11.3 Å². The Bertz CT molecular complexity index is 88.5. The van der Waals surface area contributed by atoms with Crippen LogP contribution in [0.3, 0.4) is 0 Å². The molecule has 66 valence electrons. The van der Waals surface area contributed by atoms with Crippen molar-refractivity contribution in [3.05, 3.63) is 22.9 Å². The zero-order chi connectivity index (χ0) is 9.11. The number of hydrogen-bond acceptors (Lipinski definition) is 1. The lowest BCUT2D eigenvalue weighted by atomic mass is 10.3. The van der Waals surface area contributed by atoms with Gasteiger partial charge >= 0.3 is 0 Å². The molecule has 0 spiro atoms. The minimum absolute atomic E-state index is 0.833. The van der Waals surface area contributed by atoms with Crippen molar-refractivity contribution in [1.29, 1.82) is 0 Å². The predicted octanol–water partition coefficient (Wildman–Crippen LogP) is 4.44. The van der Waals surface area contributed by atoms with Gasteiger partial charge in [0.15, 0.2) is 0 Å². The van der Waals surface area contributed by atoms with Crippen LogP contribution in [0.1, 0.15) is 34.6 Å². The molecule has 0 aliphatic heterocycles. The zero-order valence-electron chi connectivity index (χ0n) is 8.29. The minimum atomic E-state index is 0.833. The molecule has 1 heterocycles. The summed E-state index contributed by atoms with van der Waals surface area (Å²) in [4.78, 5) is 0. The fraction of sp³-hybridized carbons (Fsp3) is 0.600. The Morgan fingerprint density at radius 3 is 1.27 bits per heavy atom. The molecule has 0 amide bonds.